The highest BCUT2D eigenvalue weighted by Crippen LogP contribution is 2.22. The minimum atomic E-state index is 0.187. The summed E-state index contributed by atoms with van der Waals surface area (Å²) in [5, 5.41) is 15.9. The number of nitrogens with one attached hydrogen (secondary N) is 1. The number of rotatable bonds is 4. The predicted octanol–water partition coefficient (Wildman–Crippen LogP) is 2.36. The summed E-state index contributed by atoms with van der Waals surface area (Å²) in [6.07, 6.45) is 1.84. The third-order valence-electron chi connectivity index (χ3n) is 3.49. The van der Waals surface area contributed by atoms with Crippen molar-refractivity contribution in [2.24, 2.45) is 7.05 Å². The summed E-state index contributed by atoms with van der Waals surface area (Å²) < 4.78 is 3.77. The lowest BCUT2D eigenvalue weighted by molar-refractivity contribution is 0.602. The molecular weight excluding hydrogens is 252 g/mol. The fourth-order valence-electron chi connectivity index (χ4n) is 2.43. The molecule has 0 saturated carbocycles. The molecule has 0 aliphatic heterocycles. The summed E-state index contributed by atoms with van der Waals surface area (Å²) in [4.78, 5) is 0. The van der Waals surface area contributed by atoms with Crippen molar-refractivity contribution in [3.05, 3.63) is 36.2 Å². The van der Waals surface area contributed by atoms with Gasteiger partial charge in [0.15, 0.2) is 0 Å². The molecule has 20 heavy (non-hydrogen) atoms. The number of aryl methyl sites for hydroxylation is 2. The molecule has 0 aliphatic carbocycles. The van der Waals surface area contributed by atoms with Crippen molar-refractivity contribution in [2.75, 3.05) is 5.32 Å². The Hall–Kier alpha value is -2.37. The van der Waals surface area contributed by atoms with Crippen molar-refractivity contribution in [2.45, 2.75) is 26.4 Å². The van der Waals surface area contributed by atoms with Gasteiger partial charge in [-0.1, -0.05) is 5.21 Å². The molecule has 0 saturated heterocycles. The van der Waals surface area contributed by atoms with E-state index in [-0.39, 0.29) is 6.04 Å². The van der Waals surface area contributed by atoms with Gasteiger partial charge >= 0.3 is 0 Å². The number of fused-ring (bicyclic) bond motifs is 1. The maximum Gasteiger partial charge on any atom is 0.115 e. The van der Waals surface area contributed by atoms with Gasteiger partial charge in [0.1, 0.15) is 5.52 Å². The van der Waals surface area contributed by atoms with Gasteiger partial charge in [0.25, 0.3) is 0 Å². The molecule has 2 heterocycles. The molecule has 0 radical (unpaired) electrons. The summed E-state index contributed by atoms with van der Waals surface area (Å²) in [5.74, 6) is 0. The van der Waals surface area contributed by atoms with Crippen LogP contribution < -0.4 is 5.32 Å². The molecule has 0 bridgehead atoms. The van der Waals surface area contributed by atoms with E-state index in [9.17, 15) is 0 Å². The van der Waals surface area contributed by atoms with Crippen molar-refractivity contribution < 1.29 is 0 Å². The Morgan fingerprint density at radius 1 is 1.30 bits per heavy atom. The van der Waals surface area contributed by atoms with Crippen LogP contribution in [0.3, 0.4) is 0 Å². The van der Waals surface area contributed by atoms with Gasteiger partial charge in [-0.25, -0.2) is 4.68 Å². The molecular formula is C14H18N6. The van der Waals surface area contributed by atoms with Crippen LogP contribution in [-0.4, -0.2) is 24.8 Å². The van der Waals surface area contributed by atoms with E-state index >= 15 is 0 Å². The Morgan fingerprint density at radius 2 is 2.15 bits per heavy atom. The third kappa shape index (κ3) is 2.13. The number of hydrogen-bond acceptors (Lipinski definition) is 4. The molecule has 2 aromatic heterocycles. The van der Waals surface area contributed by atoms with Gasteiger partial charge < -0.3 is 5.32 Å². The SMILES string of the molecule is CCn1nccc1C(C)Nc1ccc2c(c1)nnn2C. The minimum Gasteiger partial charge on any atom is -0.377 e. The Kier molecular flexibility index (Phi) is 3.14. The average Bonchev–Trinajstić information content (AvgIpc) is 3.05. The smallest absolute Gasteiger partial charge is 0.115 e. The first-order valence-corrected chi connectivity index (χ1v) is 6.76. The molecule has 3 aromatic rings. The number of anilines is 1. The van der Waals surface area contributed by atoms with Crippen LogP contribution in [0.25, 0.3) is 11.0 Å². The fourth-order valence-corrected chi connectivity index (χ4v) is 2.43. The zero-order valence-corrected chi connectivity index (χ0v) is 11.9. The lowest BCUT2D eigenvalue weighted by Crippen LogP contribution is -2.12. The van der Waals surface area contributed by atoms with Gasteiger partial charge in [0, 0.05) is 25.5 Å². The lowest BCUT2D eigenvalue weighted by Gasteiger charge is -2.16. The Labute approximate surface area is 117 Å². The Balaban J connectivity index is 1.85. The van der Waals surface area contributed by atoms with Crippen molar-refractivity contribution in [1.29, 1.82) is 0 Å². The van der Waals surface area contributed by atoms with Crippen LogP contribution in [0.1, 0.15) is 25.6 Å². The topological polar surface area (TPSA) is 60.6 Å². The van der Waals surface area contributed by atoms with E-state index in [0.717, 1.165) is 23.3 Å². The normalized spacial score (nSPS) is 12.8. The number of nitrogens with zero attached hydrogens (tertiary/aromatic N) is 5. The zero-order chi connectivity index (χ0) is 14.1. The highest BCUT2D eigenvalue weighted by atomic mass is 15.4. The van der Waals surface area contributed by atoms with Crippen molar-refractivity contribution in [3.8, 4) is 0 Å². The van der Waals surface area contributed by atoms with E-state index in [2.05, 4.69) is 40.6 Å². The van der Waals surface area contributed by atoms with Crippen LogP contribution in [0.5, 0.6) is 0 Å². The molecule has 1 N–H and O–H groups in total. The predicted molar refractivity (Wildman–Crippen MR) is 78.4 cm³/mol. The minimum absolute atomic E-state index is 0.187. The molecule has 1 aromatic carbocycles. The van der Waals surface area contributed by atoms with Crippen LogP contribution >= 0.6 is 0 Å². The van der Waals surface area contributed by atoms with Gasteiger partial charge in [-0.15, -0.1) is 5.10 Å². The van der Waals surface area contributed by atoms with Gasteiger partial charge in [0.2, 0.25) is 0 Å². The highest BCUT2D eigenvalue weighted by Gasteiger charge is 2.11. The van der Waals surface area contributed by atoms with Crippen LogP contribution in [0.15, 0.2) is 30.5 Å². The molecule has 6 heteroatoms. The Morgan fingerprint density at radius 3 is 2.95 bits per heavy atom. The highest BCUT2D eigenvalue weighted by molar-refractivity contribution is 5.78. The first kappa shape index (κ1) is 12.7. The second kappa shape index (κ2) is 4.96. The zero-order valence-electron chi connectivity index (χ0n) is 11.9. The van der Waals surface area contributed by atoms with Crippen molar-refractivity contribution in [1.82, 2.24) is 24.8 Å². The van der Waals surface area contributed by atoms with E-state index in [1.165, 1.54) is 5.69 Å². The average molecular weight is 270 g/mol. The van der Waals surface area contributed by atoms with E-state index in [1.54, 1.807) is 4.68 Å². The van der Waals surface area contributed by atoms with E-state index in [0.29, 0.717) is 0 Å². The van der Waals surface area contributed by atoms with Crippen LogP contribution in [-0.2, 0) is 13.6 Å². The van der Waals surface area contributed by atoms with E-state index in [4.69, 9.17) is 0 Å². The van der Waals surface area contributed by atoms with Crippen molar-refractivity contribution in [3.63, 3.8) is 0 Å². The van der Waals surface area contributed by atoms with Gasteiger partial charge in [-0.05, 0) is 38.1 Å². The standard InChI is InChI=1S/C14H18N6/c1-4-20-13(7-8-15-20)10(2)16-11-5-6-14-12(9-11)17-18-19(14)3/h5-10,16H,4H2,1-3H3. The maximum atomic E-state index is 4.30. The molecule has 6 nitrogen and oxygen atoms in total. The summed E-state index contributed by atoms with van der Waals surface area (Å²) in [7, 11) is 1.89. The first-order valence-electron chi connectivity index (χ1n) is 6.76. The third-order valence-corrected chi connectivity index (χ3v) is 3.49. The quantitative estimate of drug-likeness (QED) is 0.790. The molecule has 0 aliphatic rings. The second-order valence-corrected chi connectivity index (χ2v) is 4.85. The molecule has 0 spiro atoms. The molecule has 3 rings (SSSR count). The largest absolute Gasteiger partial charge is 0.377 e. The molecule has 0 amide bonds. The number of benzene rings is 1. The summed E-state index contributed by atoms with van der Waals surface area (Å²) >= 11 is 0. The first-order chi connectivity index (χ1) is 9.69. The van der Waals surface area contributed by atoms with E-state index in [1.807, 2.05) is 36.1 Å². The fraction of sp³-hybridized carbons (Fsp3) is 0.357. The number of hydrogen-bond donors (Lipinski definition) is 1. The van der Waals surface area contributed by atoms with Gasteiger partial charge in [-0.3, -0.25) is 4.68 Å². The number of aromatic nitrogens is 5. The maximum absolute atomic E-state index is 4.30. The van der Waals surface area contributed by atoms with Gasteiger partial charge in [0.05, 0.1) is 17.3 Å². The second-order valence-electron chi connectivity index (χ2n) is 4.85. The summed E-state index contributed by atoms with van der Waals surface area (Å²) in [6, 6.07) is 8.33. The molecule has 1 atom stereocenters. The Bertz CT molecular complexity index is 726. The molecule has 104 valence electrons. The summed E-state index contributed by atoms with van der Waals surface area (Å²) in [6.45, 7) is 5.09. The summed E-state index contributed by atoms with van der Waals surface area (Å²) in [5.41, 5.74) is 4.14. The lowest BCUT2D eigenvalue weighted by atomic mass is 10.2. The monoisotopic (exact) mass is 270 g/mol. The van der Waals surface area contributed by atoms with Gasteiger partial charge in [-0.2, -0.15) is 5.10 Å². The molecule has 1 unspecified atom stereocenters. The van der Waals surface area contributed by atoms with Crippen LogP contribution in [0.2, 0.25) is 0 Å². The van der Waals surface area contributed by atoms with E-state index < -0.39 is 0 Å². The molecule has 0 fully saturated rings. The van der Waals surface area contributed by atoms with Crippen molar-refractivity contribution >= 4 is 16.7 Å². The van der Waals surface area contributed by atoms with Crippen LogP contribution in [0.4, 0.5) is 5.69 Å². The van der Waals surface area contributed by atoms with Crippen LogP contribution in [0, 0.1) is 0 Å².